The first-order valence-corrected chi connectivity index (χ1v) is 18.0. The number of allylic oxidation sites excluding steroid dienone is 4. The van der Waals surface area contributed by atoms with Gasteiger partial charge in [0.2, 0.25) is 0 Å². The number of halogens is 2. The van der Waals surface area contributed by atoms with Crippen molar-refractivity contribution in [2.45, 2.75) is 46.6 Å². The molecule has 1 saturated heterocycles. The maximum Gasteiger partial charge on any atom is 0.274 e. The van der Waals surface area contributed by atoms with Gasteiger partial charge in [-0.1, -0.05) is 49.7 Å². The molecule has 2 aromatic carbocycles. The minimum atomic E-state index is -0.314. The number of carbonyl (C=O) groups is 1. The number of imidazole rings is 1. The number of fused-ring (bicyclic) bond motifs is 2. The second-order valence-electron chi connectivity index (χ2n) is 11.9. The van der Waals surface area contributed by atoms with Crippen molar-refractivity contribution >= 4 is 52.0 Å². The van der Waals surface area contributed by atoms with Gasteiger partial charge >= 0.3 is 0 Å². The van der Waals surface area contributed by atoms with E-state index in [1.165, 1.54) is 12.5 Å². The summed E-state index contributed by atoms with van der Waals surface area (Å²) in [5.41, 5.74) is 6.65. The highest BCUT2D eigenvalue weighted by molar-refractivity contribution is 6.30. The standard InChI is InChI=1S/C34H32ClFN8O.C3H6O.C2H6.CH4O/c1-21-26-19-25(10-11-29(26)42-41-21)38-34(45)30-12-13-31-33(39-30)40-32(43(31)3)20-44-16-14-23(15-17-44)28(37-2)7-5-4-6-22-8-9-24(35)18-27(22)36;1-2-4-3-1;2*1-2/h4-5,7-14,18-19H,2,6,15-17,20H2,1,3H3,(H,38,45)(H,41,42);1-3H2;1-2H3;2H,1H3/b5-4-,28-7-;;;. The van der Waals surface area contributed by atoms with Gasteiger partial charge in [0, 0.05) is 62.3 Å². The molecule has 0 unspecified atom stereocenters. The Balaban J connectivity index is 0.000000714. The lowest BCUT2D eigenvalue weighted by molar-refractivity contribution is 0.0367. The first-order chi connectivity index (χ1) is 25.8. The van der Waals surface area contributed by atoms with Crippen LogP contribution >= 0.6 is 11.6 Å². The third-order valence-corrected chi connectivity index (χ3v) is 8.79. The first kappa shape index (κ1) is 40.8. The molecule has 5 aromatic rings. The van der Waals surface area contributed by atoms with Gasteiger partial charge in [0.1, 0.15) is 17.3 Å². The van der Waals surface area contributed by atoms with Crippen LogP contribution in [-0.2, 0) is 24.8 Å². The van der Waals surface area contributed by atoms with Crippen LogP contribution in [0, 0.1) is 12.7 Å². The number of H-pyrrole nitrogens is 1. The van der Waals surface area contributed by atoms with Gasteiger partial charge in [-0.25, -0.2) is 14.4 Å². The third kappa shape index (κ3) is 10.8. The van der Waals surface area contributed by atoms with E-state index in [4.69, 9.17) is 26.4 Å². The van der Waals surface area contributed by atoms with Crippen LogP contribution < -0.4 is 5.32 Å². The molecular weight excluding hydrogens is 695 g/mol. The molecular formula is C40H48ClFN8O3. The van der Waals surface area contributed by atoms with E-state index in [1.807, 2.05) is 74.9 Å². The zero-order valence-electron chi connectivity index (χ0n) is 31.0. The number of aliphatic hydroxyl groups is 1. The lowest BCUT2D eigenvalue weighted by Crippen LogP contribution is -2.29. The van der Waals surface area contributed by atoms with Crippen molar-refractivity contribution < 1.29 is 19.0 Å². The van der Waals surface area contributed by atoms with E-state index in [-0.39, 0.29) is 11.7 Å². The number of benzene rings is 2. The molecule has 0 saturated carbocycles. The Morgan fingerprint density at radius 2 is 1.91 bits per heavy atom. The van der Waals surface area contributed by atoms with E-state index in [0.717, 1.165) is 79.0 Å². The molecule has 2 aliphatic rings. The summed E-state index contributed by atoms with van der Waals surface area (Å²) in [5.74, 6) is 0.248. The summed E-state index contributed by atoms with van der Waals surface area (Å²) in [4.78, 5) is 28.9. The van der Waals surface area contributed by atoms with Gasteiger partial charge in [0.05, 0.1) is 23.3 Å². The number of rotatable bonds is 9. The molecule has 53 heavy (non-hydrogen) atoms. The Labute approximate surface area is 315 Å². The van der Waals surface area contributed by atoms with Crippen molar-refractivity contribution in [3.05, 3.63) is 118 Å². The van der Waals surface area contributed by atoms with Crippen LogP contribution in [0.3, 0.4) is 0 Å². The van der Waals surface area contributed by atoms with Gasteiger partial charge in [-0.05, 0) is 92.6 Å². The Kier molecular flexibility index (Phi) is 15.6. The molecule has 0 radical (unpaired) electrons. The number of aryl methyl sites for hydroxylation is 2. The average Bonchev–Trinajstić information content (AvgIpc) is 3.67. The van der Waals surface area contributed by atoms with Crippen LogP contribution in [0.5, 0.6) is 0 Å². The molecule has 0 spiro atoms. The largest absolute Gasteiger partial charge is 0.400 e. The summed E-state index contributed by atoms with van der Waals surface area (Å²) in [6, 6.07) is 13.9. The van der Waals surface area contributed by atoms with Gasteiger partial charge in [-0.2, -0.15) is 5.10 Å². The van der Waals surface area contributed by atoms with E-state index in [2.05, 4.69) is 43.2 Å². The molecule has 0 bridgehead atoms. The fraction of sp³-hybridized carbons (Fsp3) is 0.325. The number of ether oxygens (including phenoxy) is 1. The number of amides is 1. The maximum absolute atomic E-state index is 14.0. The number of hydrogen-bond acceptors (Lipinski definition) is 8. The highest BCUT2D eigenvalue weighted by Gasteiger charge is 2.19. The molecule has 3 N–H and O–H groups in total. The number of pyridine rings is 1. The van der Waals surface area contributed by atoms with Crippen LogP contribution in [0.1, 0.15) is 54.3 Å². The molecule has 1 fully saturated rings. The van der Waals surface area contributed by atoms with Crippen LogP contribution in [0.4, 0.5) is 10.1 Å². The Hall–Kier alpha value is -5.01. The number of anilines is 1. The highest BCUT2D eigenvalue weighted by Crippen LogP contribution is 2.24. The summed E-state index contributed by atoms with van der Waals surface area (Å²) < 4.78 is 20.8. The van der Waals surface area contributed by atoms with Crippen molar-refractivity contribution in [2.24, 2.45) is 12.0 Å². The lowest BCUT2D eigenvalue weighted by Gasteiger charge is -2.26. The number of aliphatic hydroxyl groups excluding tert-OH is 1. The smallest absolute Gasteiger partial charge is 0.274 e. The van der Waals surface area contributed by atoms with Crippen molar-refractivity contribution in [1.29, 1.82) is 0 Å². The Morgan fingerprint density at radius 3 is 2.57 bits per heavy atom. The van der Waals surface area contributed by atoms with Crippen LogP contribution in [0.2, 0.25) is 5.02 Å². The number of carbonyl (C=O) groups excluding carboxylic acids is 1. The van der Waals surface area contributed by atoms with E-state index in [1.54, 1.807) is 18.2 Å². The summed E-state index contributed by atoms with van der Waals surface area (Å²) in [5, 5.41) is 18.5. The van der Waals surface area contributed by atoms with E-state index >= 15 is 0 Å². The molecule has 0 atom stereocenters. The maximum atomic E-state index is 14.0. The molecule has 3 aromatic heterocycles. The van der Waals surface area contributed by atoms with E-state index in [9.17, 15) is 9.18 Å². The fourth-order valence-corrected chi connectivity index (χ4v) is 5.69. The number of aromatic amines is 1. The van der Waals surface area contributed by atoms with Gasteiger partial charge < -0.3 is 19.7 Å². The van der Waals surface area contributed by atoms with E-state index in [0.29, 0.717) is 40.6 Å². The quantitative estimate of drug-likeness (QED) is 0.104. The summed E-state index contributed by atoms with van der Waals surface area (Å²) in [6.45, 7) is 13.9. The number of aliphatic imine (C=N–C) groups is 1. The number of nitrogens with zero attached hydrogens (tertiary/aromatic N) is 6. The molecule has 280 valence electrons. The van der Waals surface area contributed by atoms with Gasteiger partial charge in [0.25, 0.3) is 5.91 Å². The van der Waals surface area contributed by atoms with Crippen LogP contribution in [0.25, 0.3) is 22.1 Å². The SMILES string of the molecule is C1COC1.C=N/C(=C\C=C/Cc1ccc(Cl)cc1F)C1=CCN(Cc2nc3nc(C(=O)Nc4ccc5n[nH]c(C)c5c4)ccc3n2C)CC1.CC.CO. The molecule has 1 amide bonds. The third-order valence-electron chi connectivity index (χ3n) is 8.55. The number of nitrogens with one attached hydrogen (secondary N) is 2. The van der Waals surface area contributed by atoms with Crippen LogP contribution in [0.15, 0.2) is 89.1 Å². The molecule has 11 nitrogen and oxygen atoms in total. The normalized spacial score (nSPS) is 14.3. The number of aromatic nitrogens is 5. The molecule has 0 aliphatic carbocycles. The summed E-state index contributed by atoms with van der Waals surface area (Å²) in [7, 11) is 2.96. The zero-order chi connectivity index (χ0) is 38.3. The molecule has 2 aliphatic heterocycles. The van der Waals surface area contributed by atoms with Gasteiger partial charge in [0.15, 0.2) is 5.65 Å². The lowest BCUT2D eigenvalue weighted by atomic mass is 10.0. The minimum Gasteiger partial charge on any atom is -0.400 e. The second kappa shape index (κ2) is 20.3. The summed E-state index contributed by atoms with van der Waals surface area (Å²) >= 11 is 5.84. The minimum absolute atomic E-state index is 0.297. The Bertz CT molecular complexity index is 2090. The van der Waals surface area contributed by atoms with Crippen molar-refractivity contribution in [3.8, 4) is 0 Å². The predicted octanol–water partition coefficient (Wildman–Crippen LogP) is 7.75. The van der Waals surface area contributed by atoms with E-state index < -0.39 is 0 Å². The zero-order valence-corrected chi connectivity index (χ0v) is 31.8. The molecule has 5 heterocycles. The molecule has 7 rings (SSSR count). The number of hydrogen-bond donors (Lipinski definition) is 3. The highest BCUT2D eigenvalue weighted by atomic mass is 35.5. The summed E-state index contributed by atoms with van der Waals surface area (Å²) in [6.07, 6.45) is 10.4. The van der Waals surface area contributed by atoms with Crippen LogP contribution in [-0.4, -0.2) is 80.8 Å². The topological polar surface area (TPSA) is 134 Å². The fourth-order valence-electron chi connectivity index (χ4n) is 5.53. The predicted molar refractivity (Wildman–Crippen MR) is 212 cm³/mol. The second-order valence-corrected chi connectivity index (χ2v) is 12.4. The monoisotopic (exact) mass is 742 g/mol. The van der Waals surface area contributed by atoms with Crippen molar-refractivity contribution in [1.82, 2.24) is 29.6 Å². The van der Waals surface area contributed by atoms with Crippen molar-refractivity contribution in [3.63, 3.8) is 0 Å². The van der Waals surface area contributed by atoms with Crippen molar-refractivity contribution in [2.75, 3.05) is 38.7 Å². The van der Waals surface area contributed by atoms with Gasteiger partial charge in [-0.3, -0.25) is 19.8 Å². The van der Waals surface area contributed by atoms with Gasteiger partial charge in [-0.15, -0.1) is 0 Å². The average molecular weight is 743 g/mol. The Morgan fingerprint density at radius 1 is 1.15 bits per heavy atom. The first-order valence-electron chi connectivity index (χ1n) is 17.6. The molecule has 13 heteroatoms.